The molecule has 0 atom stereocenters. The van der Waals surface area contributed by atoms with Gasteiger partial charge >= 0.3 is 0 Å². The Bertz CT molecular complexity index is 481. The average Bonchev–Trinajstić information content (AvgIpc) is 2.81. The fraction of sp³-hybridized carbons (Fsp3) is 0.400. The number of anilines is 1. The molecule has 3 nitrogen and oxygen atoms in total. The first-order chi connectivity index (χ1) is 8.54. The molecule has 0 amide bonds. The third-order valence-corrected chi connectivity index (χ3v) is 2.82. The predicted octanol–water partition coefficient (Wildman–Crippen LogP) is 3.72. The molecular weight excluding hydrogens is 222 g/mol. The number of nitrogens with zero attached hydrogens (tertiary/aromatic N) is 2. The van der Waals surface area contributed by atoms with Crippen molar-refractivity contribution in [1.82, 2.24) is 9.78 Å². The molecule has 0 unspecified atom stereocenters. The molecule has 1 aromatic heterocycles. The molecule has 0 spiro atoms. The van der Waals surface area contributed by atoms with Crippen molar-refractivity contribution in [3.05, 3.63) is 42.7 Å². The van der Waals surface area contributed by atoms with E-state index in [1.807, 2.05) is 16.9 Å². The SMILES string of the molecule is CC(C)(C)CCNc1cccc(-n2cccn2)c1. The van der Waals surface area contributed by atoms with Crippen LogP contribution < -0.4 is 5.32 Å². The van der Waals surface area contributed by atoms with E-state index in [4.69, 9.17) is 0 Å². The minimum absolute atomic E-state index is 0.368. The Labute approximate surface area is 109 Å². The quantitative estimate of drug-likeness (QED) is 0.887. The summed E-state index contributed by atoms with van der Waals surface area (Å²) in [4.78, 5) is 0. The Balaban J connectivity index is 2.00. The van der Waals surface area contributed by atoms with Gasteiger partial charge in [-0.1, -0.05) is 26.8 Å². The lowest BCUT2D eigenvalue weighted by atomic mass is 9.92. The van der Waals surface area contributed by atoms with Crippen molar-refractivity contribution in [3.63, 3.8) is 0 Å². The first-order valence-electron chi connectivity index (χ1n) is 6.39. The lowest BCUT2D eigenvalue weighted by Gasteiger charge is -2.18. The van der Waals surface area contributed by atoms with Gasteiger partial charge in [-0.3, -0.25) is 0 Å². The molecule has 0 aliphatic heterocycles. The van der Waals surface area contributed by atoms with Crippen molar-refractivity contribution in [2.75, 3.05) is 11.9 Å². The second-order valence-corrected chi connectivity index (χ2v) is 5.74. The van der Waals surface area contributed by atoms with Crippen molar-refractivity contribution in [1.29, 1.82) is 0 Å². The van der Waals surface area contributed by atoms with Gasteiger partial charge in [-0.15, -0.1) is 0 Å². The molecular formula is C15H21N3. The fourth-order valence-electron chi connectivity index (χ4n) is 1.76. The zero-order chi connectivity index (χ0) is 13.0. The van der Waals surface area contributed by atoms with Crippen LogP contribution in [-0.2, 0) is 0 Å². The maximum atomic E-state index is 4.24. The molecule has 0 aliphatic rings. The van der Waals surface area contributed by atoms with Crippen molar-refractivity contribution in [2.45, 2.75) is 27.2 Å². The summed E-state index contributed by atoms with van der Waals surface area (Å²) in [6.07, 6.45) is 4.90. The Morgan fingerprint density at radius 3 is 2.72 bits per heavy atom. The van der Waals surface area contributed by atoms with Gasteiger partial charge in [0, 0.05) is 24.6 Å². The molecule has 3 heteroatoms. The van der Waals surface area contributed by atoms with Crippen molar-refractivity contribution < 1.29 is 0 Å². The highest BCUT2D eigenvalue weighted by Gasteiger charge is 2.09. The standard InChI is InChI=1S/C15H21N3/c1-15(2,3)8-10-16-13-6-4-7-14(12-13)18-11-5-9-17-18/h4-7,9,11-12,16H,8,10H2,1-3H3. The Morgan fingerprint density at radius 1 is 1.22 bits per heavy atom. The molecule has 96 valence electrons. The molecule has 0 radical (unpaired) electrons. The van der Waals surface area contributed by atoms with Gasteiger partial charge in [-0.2, -0.15) is 5.10 Å². The van der Waals surface area contributed by atoms with E-state index in [1.54, 1.807) is 6.20 Å². The van der Waals surface area contributed by atoms with Gasteiger partial charge in [0.05, 0.1) is 5.69 Å². The minimum atomic E-state index is 0.368. The number of hydrogen-bond donors (Lipinski definition) is 1. The van der Waals surface area contributed by atoms with Gasteiger partial charge in [0.25, 0.3) is 0 Å². The second-order valence-electron chi connectivity index (χ2n) is 5.74. The number of aromatic nitrogens is 2. The summed E-state index contributed by atoms with van der Waals surface area (Å²) < 4.78 is 1.87. The van der Waals surface area contributed by atoms with E-state index in [1.165, 1.54) is 0 Å². The molecule has 1 N–H and O–H groups in total. The third kappa shape index (κ3) is 3.62. The smallest absolute Gasteiger partial charge is 0.0666 e. The summed E-state index contributed by atoms with van der Waals surface area (Å²) in [6, 6.07) is 10.3. The lowest BCUT2D eigenvalue weighted by Crippen LogP contribution is -2.12. The average molecular weight is 243 g/mol. The largest absolute Gasteiger partial charge is 0.385 e. The van der Waals surface area contributed by atoms with Gasteiger partial charge in [0.2, 0.25) is 0 Å². The van der Waals surface area contributed by atoms with Crippen LogP contribution in [0.5, 0.6) is 0 Å². The van der Waals surface area contributed by atoms with Crippen LogP contribution in [0.1, 0.15) is 27.2 Å². The summed E-state index contributed by atoms with van der Waals surface area (Å²) in [5, 5.41) is 7.70. The molecule has 2 rings (SSSR count). The maximum absolute atomic E-state index is 4.24. The molecule has 0 aliphatic carbocycles. The molecule has 0 fully saturated rings. The van der Waals surface area contributed by atoms with Crippen LogP contribution in [0.25, 0.3) is 5.69 Å². The molecule has 18 heavy (non-hydrogen) atoms. The van der Waals surface area contributed by atoms with E-state index < -0.39 is 0 Å². The fourth-order valence-corrected chi connectivity index (χ4v) is 1.76. The Kier molecular flexibility index (Phi) is 3.70. The topological polar surface area (TPSA) is 29.9 Å². The summed E-state index contributed by atoms with van der Waals surface area (Å²) >= 11 is 0. The number of nitrogens with one attached hydrogen (secondary N) is 1. The molecule has 2 aromatic rings. The van der Waals surface area contributed by atoms with Crippen LogP contribution in [0.3, 0.4) is 0 Å². The Morgan fingerprint density at radius 2 is 2.06 bits per heavy atom. The molecule has 0 bridgehead atoms. The highest BCUT2D eigenvalue weighted by atomic mass is 15.3. The van der Waals surface area contributed by atoms with Crippen LogP contribution in [0, 0.1) is 5.41 Å². The summed E-state index contributed by atoms with van der Waals surface area (Å²) in [7, 11) is 0. The maximum Gasteiger partial charge on any atom is 0.0666 e. The van der Waals surface area contributed by atoms with E-state index in [0.717, 1.165) is 24.3 Å². The highest BCUT2D eigenvalue weighted by Crippen LogP contribution is 2.19. The summed E-state index contributed by atoms with van der Waals surface area (Å²) in [6.45, 7) is 7.77. The number of hydrogen-bond acceptors (Lipinski definition) is 2. The normalized spacial score (nSPS) is 11.5. The van der Waals surface area contributed by atoms with Crippen molar-refractivity contribution in [3.8, 4) is 5.69 Å². The van der Waals surface area contributed by atoms with E-state index in [0.29, 0.717) is 5.41 Å². The van der Waals surface area contributed by atoms with Crippen LogP contribution in [-0.4, -0.2) is 16.3 Å². The van der Waals surface area contributed by atoms with E-state index >= 15 is 0 Å². The first kappa shape index (κ1) is 12.7. The van der Waals surface area contributed by atoms with Crippen LogP contribution >= 0.6 is 0 Å². The third-order valence-electron chi connectivity index (χ3n) is 2.82. The predicted molar refractivity (Wildman–Crippen MR) is 76.1 cm³/mol. The number of rotatable bonds is 4. The van der Waals surface area contributed by atoms with E-state index in [2.05, 4.69) is 55.5 Å². The minimum Gasteiger partial charge on any atom is -0.385 e. The monoisotopic (exact) mass is 243 g/mol. The van der Waals surface area contributed by atoms with Gasteiger partial charge < -0.3 is 5.32 Å². The first-order valence-corrected chi connectivity index (χ1v) is 6.39. The van der Waals surface area contributed by atoms with Gasteiger partial charge in [-0.25, -0.2) is 4.68 Å². The highest BCUT2D eigenvalue weighted by molar-refractivity contribution is 5.50. The van der Waals surface area contributed by atoms with Crippen LogP contribution in [0.2, 0.25) is 0 Å². The lowest BCUT2D eigenvalue weighted by molar-refractivity contribution is 0.390. The van der Waals surface area contributed by atoms with Gasteiger partial charge in [0.1, 0.15) is 0 Å². The molecule has 1 aromatic carbocycles. The second kappa shape index (κ2) is 5.25. The molecule has 0 saturated carbocycles. The zero-order valence-electron chi connectivity index (χ0n) is 11.4. The van der Waals surface area contributed by atoms with Crippen LogP contribution in [0.4, 0.5) is 5.69 Å². The molecule has 0 saturated heterocycles. The molecule has 1 heterocycles. The Hall–Kier alpha value is -1.77. The van der Waals surface area contributed by atoms with E-state index in [-0.39, 0.29) is 0 Å². The van der Waals surface area contributed by atoms with E-state index in [9.17, 15) is 0 Å². The van der Waals surface area contributed by atoms with Gasteiger partial charge in [0.15, 0.2) is 0 Å². The van der Waals surface area contributed by atoms with Crippen molar-refractivity contribution in [2.24, 2.45) is 5.41 Å². The summed E-state index contributed by atoms with van der Waals surface area (Å²) in [5.41, 5.74) is 2.60. The van der Waals surface area contributed by atoms with Crippen molar-refractivity contribution >= 4 is 5.69 Å². The van der Waals surface area contributed by atoms with Crippen LogP contribution in [0.15, 0.2) is 42.7 Å². The van der Waals surface area contributed by atoms with Gasteiger partial charge in [-0.05, 0) is 36.1 Å². The summed E-state index contributed by atoms with van der Waals surface area (Å²) in [5.74, 6) is 0. The zero-order valence-corrected chi connectivity index (χ0v) is 11.4. The number of benzene rings is 1.